The van der Waals surface area contributed by atoms with Crippen LogP contribution in [0.25, 0.3) is 0 Å². The number of dihydropyridines is 1. The maximum atomic E-state index is 11.6. The Morgan fingerprint density at radius 2 is 1.89 bits per heavy atom. The smallest absolute Gasteiger partial charge is 0.274 e. The lowest BCUT2D eigenvalue weighted by atomic mass is 9.92. The van der Waals surface area contributed by atoms with Crippen LogP contribution in [0.4, 0.5) is 11.4 Å². The van der Waals surface area contributed by atoms with Crippen LogP contribution in [0.1, 0.15) is 28.8 Å². The summed E-state index contributed by atoms with van der Waals surface area (Å²) < 4.78 is 0. The molecule has 2 heterocycles. The van der Waals surface area contributed by atoms with Gasteiger partial charge in [-0.3, -0.25) is 15.0 Å². The van der Waals surface area contributed by atoms with Gasteiger partial charge >= 0.3 is 0 Å². The first kappa shape index (κ1) is 16.9. The third kappa shape index (κ3) is 2.82. The van der Waals surface area contributed by atoms with Crippen molar-refractivity contribution in [3.63, 3.8) is 0 Å². The molecule has 2 N–H and O–H groups in total. The summed E-state index contributed by atoms with van der Waals surface area (Å²) in [5, 5.41) is 8.84. The van der Waals surface area contributed by atoms with Gasteiger partial charge in [-0.25, -0.2) is 10.5 Å². The number of benzene rings is 2. The zero-order valence-electron chi connectivity index (χ0n) is 15.2. The molecule has 0 radical (unpaired) electrons. The molecule has 1 fully saturated rings. The number of aliphatic imine (C=N–C) groups is 2. The van der Waals surface area contributed by atoms with Crippen LogP contribution in [-0.2, 0) is 0 Å². The third-order valence-corrected chi connectivity index (χ3v) is 5.35. The summed E-state index contributed by atoms with van der Waals surface area (Å²) in [4.78, 5) is 23.9. The number of para-hydroxylation sites is 2. The van der Waals surface area contributed by atoms with Gasteiger partial charge in [-0.2, -0.15) is 0 Å². The summed E-state index contributed by atoms with van der Waals surface area (Å²) in [6.45, 7) is 0.681. The molecule has 1 atom stereocenters. The number of carbonyl (C=O) groups is 1. The molecule has 5 rings (SSSR count). The molecule has 6 heteroatoms. The van der Waals surface area contributed by atoms with E-state index >= 15 is 0 Å². The van der Waals surface area contributed by atoms with Gasteiger partial charge in [0.05, 0.1) is 29.5 Å². The zero-order chi connectivity index (χ0) is 19.1. The molecular weight excluding hydrogens is 352 g/mol. The highest BCUT2D eigenvalue weighted by atomic mass is 16.5. The topological polar surface area (TPSA) is 77.3 Å². The van der Waals surface area contributed by atoms with Crippen molar-refractivity contribution in [3.8, 4) is 0 Å². The molecule has 0 spiro atoms. The summed E-state index contributed by atoms with van der Waals surface area (Å²) in [5.74, 6) is 0.490. The number of anilines is 1. The summed E-state index contributed by atoms with van der Waals surface area (Å²) >= 11 is 0. The van der Waals surface area contributed by atoms with E-state index in [1.54, 1.807) is 17.6 Å². The number of rotatable bonds is 3. The van der Waals surface area contributed by atoms with E-state index in [-0.39, 0.29) is 5.92 Å². The molecule has 0 aromatic heterocycles. The highest BCUT2D eigenvalue weighted by molar-refractivity contribution is 6.23. The molecule has 2 aliphatic heterocycles. The van der Waals surface area contributed by atoms with Gasteiger partial charge in [0.25, 0.3) is 5.91 Å². The first-order chi connectivity index (χ1) is 13.8. The van der Waals surface area contributed by atoms with Crippen LogP contribution in [0, 0.1) is 5.92 Å². The molecule has 1 amide bonds. The standard InChI is InChI=1S/C22H20N4O2/c27-22(25-28)15-9-7-14(8-10-15)20-17-4-3-13-23-21(17)26(16-11-12-16)19-6-2-1-5-18(19)24-20/h1-10,16-17,28H,11-13H2,(H,25,27). The van der Waals surface area contributed by atoms with E-state index in [0.29, 0.717) is 18.2 Å². The molecule has 1 saturated carbocycles. The maximum Gasteiger partial charge on any atom is 0.274 e. The molecule has 3 aliphatic rings. The molecule has 0 bridgehead atoms. The lowest BCUT2D eigenvalue weighted by Gasteiger charge is -2.30. The van der Waals surface area contributed by atoms with Gasteiger partial charge in [0.1, 0.15) is 5.84 Å². The van der Waals surface area contributed by atoms with Crippen molar-refractivity contribution in [1.82, 2.24) is 5.48 Å². The normalized spacial score (nSPS) is 20.5. The Kier molecular flexibility index (Phi) is 4.06. The number of amides is 1. The van der Waals surface area contributed by atoms with Gasteiger partial charge in [-0.15, -0.1) is 0 Å². The summed E-state index contributed by atoms with van der Waals surface area (Å²) in [5.41, 5.74) is 5.96. The van der Waals surface area contributed by atoms with Crippen molar-refractivity contribution in [2.45, 2.75) is 18.9 Å². The van der Waals surface area contributed by atoms with Crippen LogP contribution in [-0.4, -0.2) is 35.2 Å². The number of amidine groups is 1. The van der Waals surface area contributed by atoms with Crippen molar-refractivity contribution >= 4 is 28.8 Å². The highest BCUT2D eigenvalue weighted by Crippen LogP contribution is 2.42. The number of fused-ring (bicyclic) bond motifs is 2. The van der Waals surface area contributed by atoms with E-state index < -0.39 is 5.91 Å². The fraction of sp³-hybridized carbons (Fsp3) is 0.227. The number of hydrogen-bond donors (Lipinski definition) is 2. The monoisotopic (exact) mass is 372 g/mol. The molecule has 1 unspecified atom stereocenters. The fourth-order valence-corrected chi connectivity index (χ4v) is 3.87. The fourth-order valence-electron chi connectivity index (χ4n) is 3.87. The Labute approximate surface area is 162 Å². The number of nitrogens with one attached hydrogen (secondary N) is 1. The predicted octanol–water partition coefficient (Wildman–Crippen LogP) is 3.49. The zero-order valence-corrected chi connectivity index (χ0v) is 15.2. The summed E-state index contributed by atoms with van der Waals surface area (Å²) in [7, 11) is 0. The van der Waals surface area contributed by atoms with Crippen molar-refractivity contribution in [3.05, 3.63) is 71.8 Å². The molecule has 2 aromatic rings. The lowest BCUT2D eigenvalue weighted by Crippen LogP contribution is -2.41. The van der Waals surface area contributed by atoms with Crippen molar-refractivity contribution in [2.75, 3.05) is 11.4 Å². The summed E-state index contributed by atoms with van der Waals surface area (Å²) in [6, 6.07) is 15.8. The van der Waals surface area contributed by atoms with Crippen molar-refractivity contribution in [2.24, 2.45) is 15.9 Å². The molecule has 28 heavy (non-hydrogen) atoms. The number of nitrogens with zero attached hydrogens (tertiary/aromatic N) is 3. The van der Waals surface area contributed by atoms with E-state index in [9.17, 15) is 4.79 Å². The quantitative estimate of drug-likeness (QED) is 0.492. The second-order valence-corrected chi connectivity index (χ2v) is 7.21. The van der Waals surface area contributed by atoms with E-state index in [4.69, 9.17) is 15.2 Å². The second-order valence-electron chi connectivity index (χ2n) is 7.21. The average Bonchev–Trinajstić information content (AvgIpc) is 3.59. The molecule has 6 nitrogen and oxygen atoms in total. The van der Waals surface area contributed by atoms with E-state index in [0.717, 1.165) is 28.5 Å². The van der Waals surface area contributed by atoms with Crippen LogP contribution >= 0.6 is 0 Å². The minimum Gasteiger partial charge on any atom is -0.324 e. The van der Waals surface area contributed by atoms with Crippen LogP contribution in [0.5, 0.6) is 0 Å². The van der Waals surface area contributed by atoms with Gasteiger partial charge in [-0.05, 0) is 42.7 Å². The number of hydrogen-bond acceptors (Lipinski definition) is 5. The van der Waals surface area contributed by atoms with Crippen molar-refractivity contribution in [1.29, 1.82) is 0 Å². The molecule has 140 valence electrons. The highest BCUT2D eigenvalue weighted by Gasteiger charge is 2.39. The average molecular weight is 372 g/mol. The van der Waals surface area contributed by atoms with Crippen LogP contribution in [0.2, 0.25) is 0 Å². The van der Waals surface area contributed by atoms with Crippen LogP contribution < -0.4 is 10.4 Å². The molecular formula is C22H20N4O2. The number of hydroxylamine groups is 1. The first-order valence-electron chi connectivity index (χ1n) is 9.49. The predicted molar refractivity (Wildman–Crippen MR) is 109 cm³/mol. The van der Waals surface area contributed by atoms with E-state index in [1.807, 2.05) is 30.3 Å². The Morgan fingerprint density at radius 3 is 2.64 bits per heavy atom. The third-order valence-electron chi connectivity index (χ3n) is 5.35. The largest absolute Gasteiger partial charge is 0.324 e. The van der Waals surface area contributed by atoms with Gasteiger partial charge < -0.3 is 4.90 Å². The molecule has 2 aromatic carbocycles. The SMILES string of the molecule is O=C(NO)c1ccc(C2=Nc3ccccc3N(C3CC3)C3=NCC=CC23)cc1. The van der Waals surface area contributed by atoms with Gasteiger partial charge in [0, 0.05) is 11.6 Å². The van der Waals surface area contributed by atoms with E-state index in [1.165, 1.54) is 12.8 Å². The van der Waals surface area contributed by atoms with E-state index in [2.05, 4.69) is 23.1 Å². The Hall–Kier alpha value is -3.25. The number of carbonyl (C=O) groups excluding carboxylic acids is 1. The van der Waals surface area contributed by atoms with Gasteiger partial charge in [0.2, 0.25) is 0 Å². The van der Waals surface area contributed by atoms with Gasteiger partial charge in [-0.1, -0.05) is 36.4 Å². The Balaban J connectivity index is 1.64. The lowest BCUT2D eigenvalue weighted by molar-refractivity contribution is 0.0706. The second kappa shape index (κ2) is 6.73. The summed E-state index contributed by atoms with van der Waals surface area (Å²) in [6.07, 6.45) is 6.60. The van der Waals surface area contributed by atoms with Crippen molar-refractivity contribution < 1.29 is 10.0 Å². The van der Waals surface area contributed by atoms with Crippen LogP contribution in [0.3, 0.4) is 0 Å². The molecule has 1 aliphatic carbocycles. The Bertz CT molecular complexity index is 1020. The Morgan fingerprint density at radius 1 is 1.11 bits per heavy atom. The first-order valence-corrected chi connectivity index (χ1v) is 9.49. The minimum absolute atomic E-state index is 0.0285. The molecule has 0 saturated heterocycles. The van der Waals surface area contributed by atoms with Crippen LogP contribution in [0.15, 0.2) is 70.7 Å². The van der Waals surface area contributed by atoms with Gasteiger partial charge in [0.15, 0.2) is 0 Å². The minimum atomic E-state index is -0.528. The maximum absolute atomic E-state index is 11.6.